The molecule has 0 bridgehead atoms. The van der Waals surface area contributed by atoms with Gasteiger partial charge in [-0.25, -0.2) is 0 Å². The highest BCUT2D eigenvalue weighted by molar-refractivity contribution is 7.26. The lowest BCUT2D eigenvalue weighted by Gasteiger charge is -2.29. The highest BCUT2D eigenvalue weighted by Gasteiger charge is 2.24. The van der Waals surface area contributed by atoms with Crippen molar-refractivity contribution in [2.45, 2.75) is 0 Å². The Kier molecular flexibility index (Phi) is 7.39. The Bertz CT molecular complexity index is 3180. The van der Waals surface area contributed by atoms with Gasteiger partial charge in [0.25, 0.3) is 0 Å². The Morgan fingerprint density at radius 3 is 1.71 bits per heavy atom. The summed E-state index contributed by atoms with van der Waals surface area (Å²) in [5.41, 5.74) is 12.1. The van der Waals surface area contributed by atoms with Crippen molar-refractivity contribution in [2.75, 3.05) is 4.90 Å². The molecule has 11 aromatic rings. The number of hydrogen-bond donors (Lipinski definition) is 0. The van der Waals surface area contributed by atoms with Gasteiger partial charge in [0.2, 0.25) is 0 Å². The number of hydrogen-bond acceptors (Lipinski definition) is 3. The van der Waals surface area contributed by atoms with Crippen LogP contribution in [0, 0.1) is 0 Å². The molecule has 0 amide bonds. The predicted octanol–water partition coefficient (Wildman–Crippen LogP) is 15.6. The summed E-state index contributed by atoms with van der Waals surface area (Å²) in [6.45, 7) is 0. The fourth-order valence-electron chi connectivity index (χ4n) is 8.22. The van der Waals surface area contributed by atoms with Crippen LogP contribution in [0.3, 0.4) is 0 Å². The maximum atomic E-state index is 6.71. The van der Waals surface area contributed by atoms with Gasteiger partial charge in [-0.2, -0.15) is 0 Å². The van der Waals surface area contributed by atoms with Crippen LogP contribution < -0.4 is 4.90 Å². The number of thiophene rings is 1. The monoisotopic (exact) mass is 719 g/mol. The Labute approximate surface area is 322 Å². The lowest BCUT2D eigenvalue weighted by atomic mass is 9.96. The van der Waals surface area contributed by atoms with Gasteiger partial charge >= 0.3 is 0 Å². The number of rotatable bonds is 6. The average molecular weight is 720 g/mol. The van der Waals surface area contributed by atoms with E-state index >= 15 is 0 Å². The van der Waals surface area contributed by atoms with E-state index in [4.69, 9.17) is 4.42 Å². The van der Waals surface area contributed by atoms with Gasteiger partial charge in [-0.05, 0) is 93.2 Å². The van der Waals surface area contributed by atoms with Gasteiger partial charge in [-0.15, -0.1) is 11.3 Å². The lowest BCUT2D eigenvalue weighted by molar-refractivity contribution is 0.669. The standard InChI is InChI=1S/C52H33NOS/c1-3-12-34(13-4-1)35-22-26-40(27-23-35)53(41-28-24-37(25-29-41)43-19-11-20-45-44-18-9-10-21-49(44)55-52(43)45)51-42(36-14-5-2-6-15-36)30-31-47-50(51)46-32-38-16-7-8-17-39(38)33-48(46)54-47/h1-33H. The van der Waals surface area contributed by atoms with Gasteiger partial charge in [0.05, 0.1) is 11.1 Å². The molecule has 0 fully saturated rings. The molecular weight excluding hydrogens is 687 g/mol. The molecular formula is C52H33NOS. The summed E-state index contributed by atoms with van der Waals surface area (Å²) < 4.78 is 9.34. The van der Waals surface area contributed by atoms with Crippen LogP contribution in [0.2, 0.25) is 0 Å². The molecule has 0 atom stereocenters. The van der Waals surface area contributed by atoms with Crippen molar-refractivity contribution in [1.82, 2.24) is 0 Å². The molecule has 0 saturated heterocycles. The van der Waals surface area contributed by atoms with Crippen LogP contribution in [0.4, 0.5) is 17.1 Å². The third-order valence-corrected chi connectivity index (χ3v) is 12.1. The summed E-state index contributed by atoms with van der Waals surface area (Å²) in [5.74, 6) is 0. The van der Waals surface area contributed by atoms with Crippen molar-refractivity contribution in [3.63, 3.8) is 0 Å². The van der Waals surface area contributed by atoms with Crippen LogP contribution >= 0.6 is 11.3 Å². The van der Waals surface area contributed by atoms with Gasteiger partial charge < -0.3 is 9.32 Å². The molecule has 0 spiro atoms. The van der Waals surface area contributed by atoms with Gasteiger partial charge in [0.1, 0.15) is 11.2 Å². The first-order valence-corrected chi connectivity index (χ1v) is 19.5. The molecule has 9 aromatic carbocycles. The third kappa shape index (κ3) is 5.32. The van der Waals surface area contributed by atoms with E-state index in [0.29, 0.717) is 0 Å². The van der Waals surface area contributed by atoms with Crippen molar-refractivity contribution in [3.8, 4) is 33.4 Å². The summed E-state index contributed by atoms with van der Waals surface area (Å²) in [5, 5.41) is 7.16. The van der Waals surface area contributed by atoms with Crippen LogP contribution in [0.15, 0.2) is 205 Å². The molecule has 3 heteroatoms. The minimum atomic E-state index is 0.860. The fraction of sp³-hybridized carbons (Fsp3) is 0. The van der Waals surface area contributed by atoms with Crippen LogP contribution in [0.5, 0.6) is 0 Å². The molecule has 2 heterocycles. The Morgan fingerprint density at radius 2 is 0.964 bits per heavy atom. The van der Waals surface area contributed by atoms with Gasteiger partial charge in [0, 0.05) is 42.5 Å². The van der Waals surface area contributed by atoms with Crippen molar-refractivity contribution in [3.05, 3.63) is 200 Å². The summed E-state index contributed by atoms with van der Waals surface area (Å²) in [4.78, 5) is 2.42. The SMILES string of the molecule is c1ccc(-c2ccc(N(c3ccc(-c4cccc5c4sc4ccccc45)cc3)c3c(-c4ccccc4)ccc4oc5cc6ccccc6cc5c34)cc2)cc1. The van der Waals surface area contributed by atoms with Crippen LogP contribution in [0.1, 0.15) is 0 Å². The molecule has 0 aliphatic carbocycles. The second-order valence-electron chi connectivity index (χ2n) is 14.1. The van der Waals surface area contributed by atoms with Gasteiger partial charge in [-0.1, -0.05) is 146 Å². The Hall–Kier alpha value is -6.94. The number of benzene rings is 9. The highest BCUT2D eigenvalue weighted by Crippen LogP contribution is 2.49. The van der Waals surface area contributed by atoms with Gasteiger partial charge in [0.15, 0.2) is 0 Å². The number of furan rings is 1. The zero-order valence-corrected chi connectivity index (χ0v) is 30.6. The Morgan fingerprint density at radius 1 is 0.382 bits per heavy atom. The average Bonchev–Trinajstić information content (AvgIpc) is 3.82. The zero-order valence-electron chi connectivity index (χ0n) is 29.8. The maximum Gasteiger partial charge on any atom is 0.137 e. The molecule has 0 N–H and O–H groups in total. The van der Waals surface area contributed by atoms with Gasteiger partial charge in [-0.3, -0.25) is 0 Å². The molecule has 0 aliphatic rings. The maximum absolute atomic E-state index is 6.71. The van der Waals surface area contributed by atoms with Crippen molar-refractivity contribution >= 4 is 81.3 Å². The smallest absolute Gasteiger partial charge is 0.137 e. The van der Waals surface area contributed by atoms with Crippen LogP contribution in [-0.2, 0) is 0 Å². The van der Waals surface area contributed by atoms with E-state index in [1.165, 1.54) is 47.8 Å². The molecule has 0 unspecified atom stereocenters. The van der Waals surface area contributed by atoms with E-state index in [1.807, 2.05) is 11.3 Å². The summed E-state index contributed by atoms with van der Waals surface area (Å²) in [6.07, 6.45) is 0. The van der Waals surface area contributed by atoms with E-state index in [2.05, 4.69) is 205 Å². The molecule has 2 nitrogen and oxygen atoms in total. The molecule has 0 radical (unpaired) electrons. The topological polar surface area (TPSA) is 16.4 Å². The molecule has 55 heavy (non-hydrogen) atoms. The van der Waals surface area contributed by atoms with E-state index in [-0.39, 0.29) is 0 Å². The predicted molar refractivity (Wildman–Crippen MR) is 235 cm³/mol. The normalized spacial score (nSPS) is 11.6. The molecule has 2 aromatic heterocycles. The molecule has 11 rings (SSSR count). The molecule has 0 saturated carbocycles. The largest absolute Gasteiger partial charge is 0.456 e. The first kappa shape index (κ1) is 31.6. The summed E-state index contributed by atoms with van der Waals surface area (Å²) in [7, 11) is 0. The number of fused-ring (bicyclic) bond motifs is 7. The lowest BCUT2D eigenvalue weighted by Crippen LogP contribution is -2.11. The quantitative estimate of drug-likeness (QED) is 0.170. The fourth-order valence-corrected chi connectivity index (χ4v) is 9.46. The summed E-state index contributed by atoms with van der Waals surface area (Å²) in [6, 6.07) is 72.1. The van der Waals surface area contributed by atoms with Crippen molar-refractivity contribution in [2.24, 2.45) is 0 Å². The van der Waals surface area contributed by atoms with Crippen molar-refractivity contribution < 1.29 is 4.42 Å². The first-order valence-electron chi connectivity index (χ1n) is 18.7. The Balaban J connectivity index is 1.16. The van der Waals surface area contributed by atoms with E-state index in [1.54, 1.807) is 0 Å². The summed E-state index contributed by atoms with van der Waals surface area (Å²) >= 11 is 1.87. The van der Waals surface area contributed by atoms with Crippen molar-refractivity contribution in [1.29, 1.82) is 0 Å². The second kappa shape index (κ2) is 12.9. The number of nitrogens with zero attached hydrogens (tertiary/aromatic N) is 1. The van der Waals surface area contributed by atoms with Crippen LogP contribution in [0.25, 0.3) is 86.3 Å². The first-order chi connectivity index (χ1) is 27.3. The van der Waals surface area contributed by atoms with E-state index in [9.17, 15) is 0 Å². The molecule has 258 valence electrons. The minimum absolute atomic E-state index is 0.860. The second-order valence-corrected chi connectivity index (χ2v) is 15.1. The molecule has 0 aliphatic heterocycles. The van der Waals surface area contributed by atoms with E-state index in [0.717, 1.165) is 55.5 Å². The highest BCUT2D eigenvalue weighted by atomic mass is 32.1. The van der Waals surface area contributed by atoms with Crippen LogP contribution in [-0.4, -0.2) is 0 Å². The van der Waals surface area contributed by atoms with E-state index < -0.39 is 0 Å². The number of anilines is 3. The minimum Gasteiger partial charge on any atom is -0.456 e. The zero-order chi connectivity index (χ0) is 36.3. The third-order valence-electron chi connectivity index (χ3n) is 10.9.